The molecule has 2 N–H and O–H groups in total. The molecule has 1 aliphatic carbocycles. The fourth-order valence-corrected chi connectivity index (χ4v) is 5.00. The summed E-state index contributed by atoms with van der Waals surface area (Å²) >= 11 is 0. The number of nitrogens with one attached hydrogen (secondary N) is 2. The lowest BCUT2D eigenvalue weighted by Crippen LogP contribution is -2.44. The minimum absolute atomic E-state index is 0.489. The van der Waals surface area contributed by atoms with Crippen LogP contribution >= 0.6 is 0 Å². The van der Waals surface area contributed by atoms with E-state index in [1.807, 2.05) is 30.7 Å². The van der Waals surface area contributed by atoms with Crippen molar-refractivity contribution in [2.24, 2.45) is 0 Å². The minimum atomic E-state index is 0.489. The maximum Gasteiger partial charge on any atom is 0.229 e. The highest BCUT2D eigenvalue weighted by Crippen LogP contribution is 2.33. The summed E-state index contributed by atoms with van der Waals surface area (Å²) in [5.74, 6) is 1.60. The highest BCUT2D eigenvalue weighted by molar-refractivity contribution is 5.84. The van der Waals surface area contributed by atoms with Gasteiger partial charge < -0.3 is 20.1 Å². The van der Waals surface area contributed by atoms with Gasteiger partial charge in [-0.15, -0.1) is 0 Å². The molecule has 1 aliphatic heterocycles. The van der Waals surface area contributed by atoms with Gasteiger partial charge in [-0.05, 0) is 30.5 Å². The van der Waals surface area contributed by atoms with Crippen LogP contribution in [0, 0.1) is 0 Å². The fourth-order valence-electron chi connectivity index (χ4n) is 5.00. The van der Waals surface area contributed by atoms with Gasteiger partial charge in [0.25, 0.3) is 0 Å². The van der Waals surface area contributed by atoms with Crippen molar-refractivity contribution in [3.8, 4) is 11.3 Å². The second kappa shape index (κ2) is 9.38. The monoisotopic (exact) mass is 454 g/mol. The van der Waals surface area contributed by atoms with Crippen LogP contribution in [-0.4, -0.2) is 50.7 Å². The zero-order valence-electron chi connectivity index (χ0n) is 19.3. The lowest BCUT2D eigenvalue weighted by Gasteiger charge is -2.27. The highest BCUT2D eigenvalue weighted by atomic mass is 15.3. The van der Waals surface area contributed by atoms with Crippen molar-refractivity contribution in [2.45, 2.75) is 38.3 Å². The Balaban J connectivity index is 1.28. The Morgan fingerprint density at radius 1 is 0.941 bits per heavy atom. The van der Waals surface area contributed by atoms with E-state index in [9.17, 15) is 0 Å². The largest absolute Gasteiger partial charge is 0.364 e. The molecule has 0 amide bonds. The van der Waals surface area contributed by atoms with Gasteiger partial charge in [-0.3, -0.25) is 4.98 Å². The zero-order chi connectivity index (χ0) is 22.7. The number of rotatable bonds is 6. The molecule has 2 aliphatic rings. The van der Waals surface area contributed by atoms with Crippen molar-refractivity contribution in [3.63, 3.8) is 0 Å². The smallest absolute Gasteiger partial charge is 0.229 e. The molecule has 4 heterocycles. The van der Waals surface area contributed by atoms with Crippen LogP contribution in [0.4, 0.5) is 11.8 Å². The van der Waals surface area contributed by atoms with E-state index in [0.717, 1.165) is 60.4 Å². The number of aromatic nitrogens is 5. The Hall–Kier alpha value is -3.52. The van der Waals surface area contributed by atoms with E-state index in [0.29, 0.717) is 12.6 Å². The average molecular weight is 455 g/mol. The number of hydrogen-bond acceptors (Lipinski definition) is 7. The Kier molecular flexibility index (Phi) is 5.81. The number of nitrogens with zero attached hydrogens (tertiary/aromatic N) is 6. The van der Waals surface area contributed by atoms with E-state index in [4.69, 9.17) is 15.0 Å². The third kappa shape index (κ3) is 4.21. The first-order valence-electron chi connectivity index (χ1n) is 12.3. The molecule has 34 heavy (non-hydrogen) atoms. The lowest BCUT2D eigenvalue weighted by atomic mass is 10.1. The maximum absolute atomic E-state index is 5.00. The van der Waals surface area contributed by atoms with E-state index in [-0.39, 0.29) is 0 Å². The predicted molar refractivity (Wildman–Crippen MR) is 135 cm³/mol. The number of anilines is 2. The van der Waals surface area contributed by atoms with Crippen LogP contribution in [0.2, 0.25) is 0 Å². The molecule has 0 spiro atoms. The molecule has 0 radical (unpaired) electrons. The summed E-state index contributed by atoms with van der Waals surface area (Å²) in [4.78, 5) is 21.4. The Morgan fingerprint density at radius 3 is 2.53 bits per heavy atom. The van der Waals surface area contributed by atoms with E-state index in [1.54, 1.807) is 0 Å². The van der Waals surface area contributed by atoms with E-state index in [2.05, 4.69) is 49.4 Å². The maximum atomic E-state index is 5.00. The number of hydrogen-bond donors (Lipinski definition) is 2. The van der Waals surface area contributed by atoms with Gasteiger partial charge in [-0.2, -0.15) is 9.97 Å². The van der Waals surface area contributed by atoms with Crippen LogP contribution in [0.3, 0.4) is 0 Å². The first kappa shape index (κ1) is 21.0. The minimum Gasteiger partial charge on any atom is -0.364 e. The number of imidazole rings is 1. The molecule has 0 bridgehead atoms. The summed E-state index contributed by atoms with van der Waals surface area (Å²) in [6.45, 7) is 4.41. The molecule has 3 aromatic heterocycles. The number of fused-ring (bicyclic) bond motifs is 1. The summed E-state index contributed by atoms with van der Waals surface area (Å²) in [5.41, 5.74) is 5.09. The van der Waals surface area contributed by atoms with Crippen LogP contribution in [0.15, 0.2) is 55.0 Å². The van der Waals surface area contributed by atoms with Crippen molar-refractivity contribution in [2.75, 3.05) is 36.4 Å². The summed E-state index contributed by atoms with van der Waals surface area (Å²) in [7, 11) is 0. The third-order valence-corrected chi connectivity index (χ3v) is 6.90. The SMILES string of the molecule is c1ccc(-c2ccc(CNc3nc(N4CCNCC4)nc4c3ncn4C3CCCC3)cc2)nc1. The van der Waals surface area contributed by atoms with Crippen molar-refractivity contribution in [1.29, 1.82) is 0 Å². The van der Waals surface area contributed by atoms with Crippen molar-refractivity contribution >= 4 is 22.9 Å². The van der Waals surface area contributed by atoms with Crippen LogP contribution in [-0.2, 0) is 6.54 Å². The van der Waals surface area contributed by atoms with Gasteiger partial charge in [-0.1, -0.05) is 43.2 Å². The van der Waals surface area contributed by atoms with Crippen LogP contribution in [0.25, 0.3) is 22.4 Å². The molecule has 174 valence electrons. The van der Waals surface area contributed by atoms with Gasteiger partial charge in [0.15, 0.2) is 17.0 Å². The quantitative estimate of drug-likeness (QED) is 0.455. The standard InChI is InChI=1S/C26H30N8/c1-2-6-21(5-1)34-18-30-23-24(31-26(32-25(23)34)33-15-13-27-14-16-33)29-17-19-8-10-20(11-9-19)22-7-3-4-12-28-22/h3-4,7-12,18,21,27H,1-2,5-6,13-17H2,(H,29,31,32). The summed E-state index contributed by atoms with van der Waals surface area (Å²) in [6, 6.07) is 15.0. The van der Waals surface area contributed by atoms with Crippen LogP contribution in [0.5, 0.6) is 0 Å². The molecule has 4 aromatic rings. The predicted octanol–water partition coefficient (Wildman–Crippen LogP) is 4.03. The van der Waals surface area contributed by atoms with Crippen molar-refractivity contribution in [1.82, 2.24) is 29.8 Å². The molecule has 8 nitrogen and oxygen atoms in total. The van der Waals surface area contributed by atoms with E-state index < -0.39 is 0 Å². The molecule has 8 heteroatoms. The van der Waals surface area contributed by atoms with Gasteiger partial charge in [0, 0.05) is 50.5 Å². The molecular weight excluding hydrogens is 424 g/mol. The number of pyridine rings is 1. The third-order valence-electron chi connectivity index (χ3n) is 6.90. The average Bonchev–Trinajstić information content (AvgIpc) is 3.59. The number of benzene rings is 1. The van der Waals surface area contributed by atoms with Gasteiger partial charge in [0.1, 0.15) is 0 Å². The van der Waals surface area contributed by atoms with Crippen LogP contribution < -0.4 is 15.5 Å². The highest BCUT2D eigenvalue weighted by Gasteiger charge is 2.23. The Morgan fingerprint density at radius 2 is 1.76 bits per heavy atom. The normalized spacial score (nSPS) is 16.9. The molecule has 1 saturated heterocycles. The first-order chi connectivity index (χ1) is 16.8. The molecule has 0 unspecified atom stereocenters. The van der Waals surface area contributed by atoms with Gasteiger partial charge in [0.05, 0.1) is 12.0 Å². The molecule has 6 rings (SSSR count). The van der Waals surface area contributed by atoms with Gasteiger partial charge in [-0.25, -0.2) is 4.98 Å². The zero-order valence-corrected chi connectivity index (χ0v) is 19.3. The number of piperazine rings is 1. The Bertz CT molecular complexity index is 1240. The van der Waals surface area contributed by atoms with Gasteiger partial charge >= 0.3 is 0 Å². The molecule has 1 saturated carbocycles. The molecule has 0 atom stereocenters. The van der Waals surface area contributed by atoms with Crippen molar-refractivity contribution < 1.29 is 0 Å². The molecule has 1 aromatic carbocycles. The lowest BCUT2D eigenvalue weighted by molar-refractivity contribution is 0.528. The Labute approximate surface area is 199 Å². The summed E-state index contributed by atoms with van der Waals surface area (Å²) < 4.78 is 2.28. The first-order valence-corrected chi connectivity index (χ1v) is 12.3. The van der Waals surface area contributed by atoms with Crippen molar-refractivity contribution in [3.05, 3.63) is 60.6 Å². The van der Waals surface area contributed by atoms with Gasteiger partial charge in [0.2, 0.25) is 5.95 Å². The fraction of sp³-hybridized carbons (Fsp3) is 0.385. The second-order valence-corrected chi connectivity index (χ2v) is 9.14. The molecule has 2 fully saturated rings. The van der Waals surface area contributed by atoms with Crippen LogP contribution in [0.1, 0.15) is 37.3 Å². The summed E-state index contributed by atoms with van der Waals surface area (Å²) in [6.07, 6.45) is 8.74. The second-order valence-electron chi connectivity index (χ2n) is 9.14. The molecular formula is C26H30N8. The van der Waals surface area contributed by atoms with E-state index >= 15 is 0 Å². The summed E-state index contributed by atoms with van der Waals surface area (Å²) in [5, 5.41) is 6.98. The topological polar surface area (TPSA) is 83.8 Å². The van der Waals surface area contributed by atoms with E-state index in [1.165, 1.54) is 31.2 Å².